The van der Waals surface area contributed by atoms with Gasteiger partial charge in [-0.2, -0.15) is 0 Å². The molecule has 0 fully saturated rings. The average Bonchev–Trinajstić information content (AvgIpc) is 2.29. The minimum atomic E-state index is 0.463. The zero-order valence-corrected chi connectivity index (χ0v) is 11.3. The Balaban J connectivity index is 2.20. The molecule has 2 rings (SSSR count). The van der Waals surface area contributed by atoms with Gasteiger partial charge in [0.15, 0.2) is 0 Å². The second-order valence-electron chi connectivity index (χ2n) is 3.20. The molecular formula is C12H9ClINO. The van der Waals surface area contributed by atoms with Gasteiger partial charge in [-0.1, -0.05) is 6.07 Å². The van der Waals surface area contributed by atoms with Crippen LogP contribution in [-0.4, -0.2) is 4.98 Å². The first-order chi connectivity index (χ1) is 7.78. The molecule has 0 atom stereocenters. The summed E-state index contributed by atoms with van der Waals surface area (Å²) in [6.45, 7) is 0. The number of pyridine rings is 1. The molecule has 1 heterocycles. The van der Waals surface area contributed by atoms with Gasteiger partial charge in [-0.05, 0) is 52.4 Å². The van der Waals surface area contributed by atoms with Crippen molar-refractivity contribution in [2.24, 2.45) is 0 Å². The molecule has 82 valence electrons. The molecule has 0 aliphatic heterocycles. The first kappa shape index (κ1) is 11.7. The molecule has 1 aromatic carbocycles. The highest BCUT2D eigenvalue weighted by Crippen LogP contribution is 2.22. The minimum absolute atomic E-state index is 0.463. The highest BCUT2D eigenvalue weighted by molar-refractivity contribution is 14.1. The molecule has 0 N–H and O–H groups in total. The lowest BCUT2D eigenvalue weighted by atomic mass is 10.3. The number of rotatable bonds is 3. The van der Waals surface area contributed by atoms with E-state index in [4.69, 9.17) is 16.3 Å². The van der Waals surface area contributed by atoms with Crippen LogP contribution in [0, 0.1) is 3.57 Å². The van der Waals surface area contributed by atoms with E-state index in [0.717, 1.165) is 14.9 Å². The normalized spacial score (nSPS) is 10.1. The van der Waals surface area contributed by atoms with Crippen molar-refractivity contribution >= 4 is 34.2 Å². The number of hydrogen-bond donors (Lipinski definition) is 0. The van der Waals surface area contributed by atoms with Crippen molar-refractivity contribution < 1.29 is 4.74 Å². The summed E-state index contributed by atoms with van der Waals surface area (Å²) in [4.78, 5) is 4.13. The van der Waals surface area contributed by atoms with E-state index in [1.54, 1.807) is 6.20 Å². The van der Waals surface area contributed by atoms with Gasteiger partial charge in [-0.3, -0.25) is 0 Å². The molecule has 0 saturated carbocycles. The quantitative estimate of drug-likeness (QED) is 0.614. The molecule has 4 heteroatoms. The van der Waals surface area contributed by atoms with Crippen LogP contribution >= 0.6 is 34.2 Å². The number of aromatic nitrogens is 1. The fourth-order valence-electron chi connectivity index (χ4n) is 1.24. The number of benzene rings is 1. The Hall–Kier alpha value is -0.810. The second kappa shape index (κ2) is 5.50. The lowest BCUT2D eigenvalue weighted by Crippen LogP contribution is -1.89. The average molecular weight is 346 g/mol. The summed E-state index contributed by atoms with van der Waals surface area (Å²) in [5.41, 5.74) is 0.997. The molecule has 0 saturated heterocycles. The minimum Gasteiger partial charge on any atom is -0.439 e. The smallest absolute Gasteiger partial charge is 0.219 e. The van der Waals surface area contributed by atoms with Crippen LogP contribution in [0.2, 0.25) is 0 Å². The summed E-state index contributed by atoms with van der Waals surface area (Å²) in [6.07, 6.45) is 1.70. The van der Waals surface area contributed by atoms with E-state index in [2.05, 4.69) is 27.6 Å². The summed E-state index contributed by atoms with van der Waals surface area (Å²) < 4.78 is 6.76. The van der Waals surface area contributed by atoms with Gasteiger partial charge in [0.25, 0.3) is 0 Å². The molecular weight excluding hydrogens is 336 g/mol. The van der Waals surface area contributed by atoms with E-state index in [-0.39, 0.29) is 0 Å². The van der Waals surface area contributed by atoms with Crippen LogP contribution in [-0.2, 0) is 5.88 Å². The molecule has 0 amide bonds. The van der Waals surface area contributed by atoms with Gasteiger partial charge in [-0.15, -0.1) is 11.6 Å². The maximum Gasteiger partial charge on any atom is 0.219 e. The Labute approximate surface area is 113 Å². The highest BCUT2D eigenvalue weighted by Gasteiger charge is 2.00. The van der Waals surface area contributed by atoms with Crippen molar-refractivity contribution in [1.82, 2.24) is 4.98 Å². The van der Waals surface area contributed by atoms with E-state index in [9.17, 15) is 0 Å². The summed E-state index contributed by atoms with van der Waals surface area (Å²) in [6, 6.07) is 11.5. The van der Waals surface area contributed by atoms with Crippen molar-refractivity contribution in [1.29, 1.82) is 0 Å². The fourth-order valence-corrected chi connectivity index (χ4v) is 1.92. The fraction of sp³-hybridized carbons (Fsp3) is 0.0833. The van der Waals surface area contributed by atoms with E-state index >= 15 is 0 Å². The number of ether oxygens (including phenoxy) is 1. The molecule has 0 spiro atoms. The largest absolute Gasteiger partial charge is 0.439 e. The van der Waals surface area contributed by atoms with Crippen LogP contribution in [0.4, 0.5) is 0 Å². The molecule has 0 bridgehead atoms. The Bertz CT molecular complexity index is 490. The monoisotopic (exact) mass is 345 g/mol. The van der Waals surface area contributed by atoms with Gasteiger partial charge < -0.3 is 4.74 Å². The van der Waals surface area contributed by atoms with Crippen LogP contribution in [0.3, 0.4) is 0 Å². The van der Waals surface area contributed by atoms with E-state index in [1.165, 1.54) is 0 Å². The van der Waals surface area contributed by atoms with Crippen molar-refractivity contribution in [3.63, 3.8) is 0 Å². The molecule has 1 aromatic heterocycles. The van der Waals surface area contributed by atoms with Crippen LogP contribution in [0.15, 0.2) is 42.6 Å². The zero-order valence-electron chi connectivity index (χ0n) is 8.36. The van der Waals surface area contributed by atoms with Gasteiger partial charge in [-0.25, -0.2) is 4.98 Å². The third kappa shape index (κ3) is 3.09. The molecule has 0 aliphatic rings. The molecule has 2 nitrogen and oxygen atoms in total. The third-order valence-electron chi connectivity index (χ3n) is 1.97. The Morgan fingerprint density at radius 3 is 2.88 bits per heavy atom. The third-order valence-corrected chi connectivity index (χ3v) is 2.95. The lowest BCUT2D eigenvalue weighted by molar-refractivity contribution is 0.462. The van der Waals surface area contributed by atoms with Crippen LogP contribution in [0.1, 0.15) is 5.56 Å². The molecule has 2 aromatic rings. The van der Waals surface area contributed by atoms with Gasteiger partial charge >= 0.3 is 0 Å². The second-order valence-corrected chi connectivity index (χ2v) is 4.71. The molecule has 16 heavy (non-hydrogen) atoms. The van der Waals surface area contributed by atoms with Crippen molar-refractivity contribution in [2.45, 2.75) is 5.88 Å². The summed E-state index contributed by atoms with van der Waals surface area (Å²) >= 11 is 7.98. The molecule has 0 unspecified atom stereocenters. The molecule has 0 aliphatic carbocycles. The van der Waals surface area contributed by atoms with Gasteiger partial charge in [0.05, 0.1) is 0 Å². The topological polar surface area (TPSA) is 22.1 Å². The number of nitrogens with zero attached hydrogens (tertiary/aromatic N) is 1. The van der Waals surface area contributed by atoms with Gasteiger partial charge in [0.1, 0.15) is 5.75 Å². The van der Waals surface area contributed by atoms with Crippen LogP contribution in [0.25, 0.3) is 0 Å². The number of halogens is 2. The van der Waals surface area contributed by atoms with Crippen molar-refractivity contribution in [2.75, 3.05) is 0 Å². The lowest BCUT2D eigenvalue weighted by Gasteiger charge is -2.05. The molecule has 0 radical (unpaired) electrons. The number of alkyl halides is 1. The Kier molecular flexibility index (Phi) is 4.01. The SMILES string of the molecule is ClCc1ccnc(Oc2cccc(I)c2)c1. The standard InChI is InChI=1S/C12H9ClINO/c13-8-9-4-5-15-12(6-9)16-11-3-1-2-10(14)7-11/h1-7H,8H2. The predicted molar refractivity (Wildman–Crippen MR) is 73.0 cm³/mol. The summed E-state index contributed by atoms with van der Waals surface area (Å²) in [7, 11) is 0. The van der Waals surface area contributed by atoms with E-state index in [1.807, 2.05) is 36.4 Å². The first-order valence-electron chi connectivity index (χ1n) is 4.72. The Morgan fingerprint density at radius 2 is 2.12 bits per heavy atom. The van der Waals surface area contributed by atoms with Crippen LogP contribution < -0.4 is 4.74 Å². The summed E-state index contributed by atoms with van der Waals surface area (Å²) in [5.74, 6) is 1.82. The van der Waals surface area contributed by atoms with Crippen molar-refractivity contribution in [3.8, 4) is 11.6 Å². The van der Waals surface area contributed by atoms with Crippen molar-refractivity contribution in [3.05, 3.63) is 51.7 Å². The Morgan fingerprint density at radius 1 is 1.25 bits per heavy atom. The maximum atomic E-state index is 5.74. The number of hydrogen-bond acceptors (Lipinski definition) is 2. The van der Waals surface area contributed by atoms with Crippen LogP contribution in [0.5, 0.6) is 11.6 Å². The van der Waals surface area contributed by atoms with Gasteiger partial charge in [0.2, 0.25) is 5.88 Å². The maximum absolute atomic E-state index is 5.74. The zero-order chi connectivity index (χ0) is 11.4. The predicted octanol–water partition coefficient (Wildman–Crippen LogP) is 4.22. The van der Waals surface area contributed by atoms with Gasteiger partial charge in [0, 0.05) is 21.7 Å². The highest BCUT2D eigenvalue weighted by atomic mass is 127. The van der Waals surface area contributed by atoms with E-state index < -0.39 is 0 Å². The summed E-state index contributed by atoms with van der Waals surface area (Å²) in [5, 5.41) is 0. The van der Waals surface area contributed by atoms with E-state index in [0.29, 0.717) is 11.8 Å². The first-order valence-corrected chi connectivity index (χ1v) is 6.33.